The maximum atomic E-state index is 11.8. The summed E-state index contributed by atoms with van der Waals surface area (Å²) in [6, 6.07) is 8.37. The van der Waals surface area contributed by atoms with Gasteiger partial charge in [-0.25, -0.2) is 9.78 Å². The van der Waals surface area contributed by atoms with Crippen LogP contribution < -0.4 is 10.6 Å². The molecule has 1 fully saturated rings. The SMILES string of the molecule is CCOC(=O)N1CCC(Nc2cc(C)nc(Nc3cccc(C)c3C)n2)CC1. The van der Waals surface area contributed by atoms with Crippen molar-refractivity contribution in [1.29, 1.82) is 0 Å². The lowest BCUT2D eigenvalue weighted by Crippen LogP contribution is -2.42. The Morgan fingerprint density at radius 3 is 2.68 bits per heavy atom. The third-order valence-corrected chi connectivity index (χ3v) is 5.08. The van der Waals surface area contributed by atoms with Gasteiger partial charge in [0, 0.05) is 36.6 Å². The molecule has 0 atom stereocenters. The van der Waals surface area contributed by atoms with E-state index >= 15 is 0 Å². The van der Waals surface area contributed by atoms with Gasteiger partial charge < -0.3 is 20.3 Å². The van der Waals surface area contributed by atoms with Crippen LogP contribution in [0.2, 0.25) is 0 Å². The number of nitrogens with zero attached hydrogens (tertiary/aromatic N) is 3. The third kappa shape index (κ3) is 4.91. The van der Waals surface area contributed by atoms with Crippen molar-refractivity contribution < 1.29 is 9.53 Å². The highest BCUT2D eigenvalue weighted by atomic mass is 16.6. The molecule has 1 aromatic heterocycles. The lowest BCUT2D eigenvalue weighted by Gasteiger charge is -2.31. The Morgan fingerprint density at radius 1 is 1.21 bits per heavy atom. The van der Waals surface area contributed by atoms with E-state index < -0.39 is 0 Å². The largest absolute Gasteiger partial charge is 0.450 e. The smallest absolute Gasteiger partial charge is 0.409 e. The first-order valence-electron chi connectivity index (χ1n) is 9.83. The zero-order valence-electron chi connectivity index (χ0n) is 17.1. The van der Waals surface area contributed by atoms with Crippen LogP contribution in [0.3, 0.4) is 0 Å². The molecule has 1 aromatic carbocycles. The minimum Gasteiger partial charge on any atom is -0.450 e. The first-order valence-corrected chi connectivity index (χ1v) is 9.83. The highest BCUT2D eigenvalue weighted by Crippen LogP contribution is 2.23. The van der Waals surface area contributed by atoms with E-state index in [2.05, 4.69) is 40.5 Å². The van der Waals surface area contributed by atoms with Gasteiger partial charge in [0.2, 0.25) is 5.95 Å². The molecule has 1 aliphatic heterocycles. The summed E-state index contributed by atoms with van der Waals surface area (Å²) in [5.41, 5.74) is 4.33. The van der Waals surface area contributed by atoms with Crippen molar-refractivity contribution in [2.75, 3.05) is 30.3 Å². The molecular weight excluding hydrogens is 354 g/mol. The molecular formula is C21H29N5O2. The Morgan fingerprint density at radius 2 is 1.96 bits per heavy atom. The molecule has 2 N–H and O–H groups in total. The second-order valence-electron chi connectivity index (χ2n) is 7.20. The molecule has 7 nitrogen and oxygen atoms in total. The minimum atomic E-state index is -0.223. The number of anilines is 3. The number of aromatic nitrogens is 2. The average Bonchev–Trinajstić information content (AvgIpc) is 2.66. The predicted octanol–water partition coefficient (Wildman–Crippen LogP) is 4.18. The normalized spacial score (nSPS) is 14.6. The highest BCUT2D eigenvalue weighted by Gasteiger charge is 2.23. The third-order valence-electron chi connectivity index (χ3n) is 5.08. The van der Waals surface area contributed by atoms with Gasteiger partial charge in [-0.05, 0) is 57.7 Å². The van der Waals surface area contributed by atoms with Crippen LogP contribution >= 0.6 is 0 Å². The van der Waals surface area contributed by atoms with Gasteiger partial charge in [0.05, 0.1) is 6.61 Å². The molecule has 7 heteroatoms. The van der Waals surface area contributed by atoms with Crippen LogP contribution in [0.15, 0.2) is 24.3 Å². The minimum absolute atomic E-state index is 0.223. The van der Waals surface area contributed by atoms with Crippen molar-refractivity contribution in [3.63, 3.8) is 0 Å². The van der Waals surface area contributed by atoms with Crippen LogP contribution in [-0.2, 0) is 4.74 Å². The number of hydrogen-bond acceptors (Lipinski definition) is 6. The highest BCUT2D eigenvalue weighted by molar-refractivity contribution is 5.67. The van der Waals surface area contributed by atoms with E-state index in [1.807, 2.05) is 32.0 Å². The van der Waals surface area contributed by atoms with E-state index in [0.29, 0.717) is 25.6 Å². The van der Waals surface area contributed by atoms with E-state index in [1.165, 1.54) is 11.1 Å². The molecule has 0 bridgehead atoms. The molecule has 2 aromatic rings. The number of rotatable bonds is 5. The maximum Gasteiger partial charge on any atom is 0.409 e. The van der Waals surface area contributed by atoms with Gasteiger partial charge >= 0.3 is 6.09 Å². The summed E-state index contributed by atoms with van der Waals surface area (Å²) in [6.07, 6.45) is 1.50. The molecule has 0 spiro atoms. The van der Waals surface area contributed by atoms with Crippen LogP contribution in [0.25, 0.3) is 0 Å². The van der Waals surface area contributed by atoms with Gasteiger partial charge in [-0.2, -0.15) is 4.98 Å². The van der Waals surface area contributed by atoms with Gasteiger partial charge in [-0.15, -0.1) is 0 Å². The number of carbonyl (C=O) groups is 1. The topological polar surface area (TPSA) is 79.4 Å². The molecule has 3 rings (SSSR count). The van der Waals surface area contributed by atoms with Crippen LogP contribution in [-0.4, -0.2) is 46.7 Å². The zero-order valence-corrected chi connectivity index (χ0v) is 17.1. The number of likely N-dealkylation sites (tertiary alicyclic amines) is 1. The Kier molecular flexibility index (Phi) is 6.34. The van der Waals surface area contributed by atoms with Crippen LogP contribution in [0.1, 0.15) is 36.6 Å². The lowest BCUT2D eigenvalue weighted by atomic mass is 10.1. The predicted molar refractivity (Wildman–Crippen MR) is 111 cm³/mol. The maximum absolute atomic E-state index is 11.8. The number of piperidine rings is 1. The number of hydrogen-bond donors (Lipinski definition) is 2. The first-order chi connectivity index (χ1) is 13.5. The molecule has 1 saturated heterocycles. The summed E-state index contributed by atoms with van der Waals surface area (Å²) in [5, 5.41) is 6.83. The molecule has 1 aliphatic rings. The van der Waals surface area contributed by atoms with Crippen molar-refractivity contribution in [2.24, 2.45) is 0 Å². The van der Waals surface area contributed by atoms with Crippen molar-refractivity contribution >= 4 is 23.5 Å². The molecule has 28 heavy (non-hydrogen) atoms. The molecule has 2 heterocycles. The molecule has 0 saturated carbocycles. The van der Waals surface area contributed by atoms with E-state index in [9.17, 15) is 4.79 Å². The molecule has 150 valence electrons. The van der Waals surface area contributed by atoms with Crippen LogP contribution in [0.4, 0.5) is 22.2 Å². The fraction of sp³-hybridized carbons (Fsp3) is 0.476. The fourth-order valence-electron chi connectivity index (χ4n) is 3.34. The number of amides is 1. The van der Waals surface area contributed by atoms with E-state index in [-0.39, 0.29) is 12.1 Å². The Bertz CT molecular complexity index is 832. The molecule has 0 unspecified atom stereocenters. The Hall–Kier alpha value is -2.83. The monoisotopic (exact) mass is 383 g/mol. The molecule has 0 aliphatic carbocycles. The quantitative estimate of drug-likeness (QED) is 0.806. The lowest BCUT2D eigenvalue weighted by molar-refractivity contribution is 0.0983. The van der Waals surface area contributed by atoms with Crippen molar-refractivity contribution in [2.45, 2.75) is 46.6 Å². The summed E-state index contributed by atoms with van der Waals surface area (Å²) in [7, 11) is 0. The second-order valence-corrected chi connectivity index (χ2v) is 7.20. The summed E-state index contributed by atoms with van der Waals surface area (Å²) in [5.74, 6) is 1.38. The van der Waals surface area contributed by atoms with Gasteiger partial charge in [0.15, 0.2) is 0 Å². The summed E-state index contributed by atoms with van der Waals surface area (Å²) in [4.78, 5) is 22.8. The van der Waals surface area contributed by atoms with Crippen molar-refractivity contribution in [3.8, 4) is 0 Å². The summed E-state index contributed by atoms with van der Waals surface area (Å²) in [6.45, 7) is 9.75. The van der Waals surface area contributed by atoms with Crippen molar-refractivity contribution in [1.82, 2.24) is 14.9 Å². The van der Waals surface area contributed by atoms with Crippen molar-refractivity contribution in [3.05, 3.63) is 41.1 Å². The van der Waals surface area contributed by atoms with Gasteiger partial charge in [0.25, 0.3) is 0 Å². The fourth-order valence-corrected chi connectivity index (χ4v) is 3.34. The first kappa shape index (κ1) is 19.9. The standard InChI is InChI=1S/C21H29N5O2/c1-5-28-21(27)26-11-9-17(10-12-26)23-19-13-15(3)22-20(25-19)24-18-8-6-7-14(2)16(18)4/h6-8,13,17H,5,9-12H2,1-4H3,(H2,22,23,24,25). The van der Waals surface area contributed by atoms with Gasteiger partial charge in [-0.3, -0.25) is 0 Å². The number of carbonyl (C=O) groups excluding carboxylic acids is 1. The second kappa shape index (κ2) is 8.91. The van der Waals surface area contributed by atoms with E-state index in [4.69, 9.17) is 4.74 Å². The summed E-state index contributed by atoms with van der Waals surface area (Å²) < 4.78 is 5.08. The average molecular weight is 383 g/mol. The number of benzene rings is 1. The number of ether oxygens (including phenoxy) is 1. The van der Waals surface area contributed by atoms with Crippen LogP contribution in [0.5, 0.6) is 0 Å². The summed E-state index contributed by atoms with van der Waals surface area (Å²) >= 11 is 0. The number of nitrogens with one attached hydrogen (secondary N) is 2. The van der Waals surface area contributed by atoms with E-state index in [1.54, 1.807) is 4.90 Å². The molecule has 1 amide bonds. The Balaban J connectivity index is 1.64. The Labute approximate surface area is 166 Å². The number of aryl methyl sites for hydroxylation is 2. The van der Waals surface area contributed by atoms with Gasteiger partial charge in [0.1, 0.15) is 5.82 Å². The van der Waals surface area contributed by atoms with Gasteiger partial charge in [-0.1, -0.05) is 12.1 Å². The van der Waals surface area contributed by atoms with Crippen LogP contribution in [0, 0.1) is 20.8 Å². The zero-order chi connectivity index (χ0) is 20.1. The van der Waals surface area contributed by atoms with E-state index in [0.717, 1.165) is 30.0 Å². The molecule has 0 radical (unpaired) electrons.